The van der Waals surface area contributed by atoms with E-state index in [0.717, 1.165) is 10.8 Å². The quantitative estimate of drug-likeness (QED) is 0.754. The molecule has 0 unspecified atom stereocenters. The highest BCUT2D eigenvalue weighted by atomic mass is 16.2. The standard InChI is InChI=1S/C15H12NO2/c1-2-9-16-14(17)11-7-3-5-10-6-4-8-12(13(10)11)15(16)18/h3-8H,1-2,9H2. The molecule has 2 aromatic carbocycles. The van der Waals surface area contributed by atoms with Gasteiger partial charge < -0.3 is 0 Å². The van der Waals surface area contributed by atoms with Crippen LogP contribution < -0.4 is 0 Å². The number of nitrogens with zero attached hydrogens (tertiary/aromatic N) is 1. The van der Waals surface area contributed by atoms with Gasteiger partial charge in [-0.1, -0.05) is 31.2 Å². The van der Waals surface area contributed by atoms with Crippen LogP contribution in [0, 0.1) is 6.92 Å². The zero-order chi connectivity index (χ0) is 12.7. The molecule has 2 amide bonds. The Morgan fingerprint density at radius 3 is 2.00 bits per heavy atom. The molecule has 0 aromatic heterocycles. The molecule has 0 saturated heterocycles. The first kappa shape index (κ1) is 11.0. The van der Waals surface area contributed by atoms with Gasteiger partial charge in [-0.3, -0.25) is 14.5 Å². The van der Waals surface area contributed by atoms with Gasteiger partial charge in [0, 0.05) is 23.1 Å². The molecule has 1 aliphatic heterocycles. The predicted octanol–water partition coefficient (Wildman–Crippen LogP) is 2.66. The molecule has 0 bridgehead atoms. The summed E-state index contributed by atoms with van der Waals surface area (Å²) in [5.41, 5.74) is 1.22. The summed E-state index contributed by atoms with van der Waals surface area (Å²) in [7, 11) is 0. The molecule has 3 rings (SSSR count). The van der Waals surface area contributed by atoms with Gasteiger partial charge in [0.05, 0.1) is 0 Å². The van der Waals surface area contributed by atoms with E-state index in [1.807, 2.05) is 24.3 Å². The lowest BCUT2D eigenvalue weighted by Gasteiger charge is -2.26. The van der Waals surface area contributed by atoms with Crippen molar-refractivity contribution in [2.45, 2.75) is 6.42 Å². The highest BCUT2D eigenvalue weighted by Gasteiger charge is 2.31. The first-order valence-electron chi connectivity index (χ1n) is 5.91. The second-order valence-corrected chi connectivity index (χ2v) is 4.32. The summed E-state index contributed by atoms with van der Waals surface area (Å²) < 4.78 is 0. The first-order chi connectivity index (χ1) is 8.74. The lowest BCUT2D eigenvalue weighted by atomic mass is 9.94. The van der Waals surface area contributed by atoms with Gasteiger partial charge in [-0.2, -0.15) is 0 Å². The number of benzene rings is 2. The minimum absolute atomic E-state index is 0.215. The van der Waals surface area contributed by atoms with Crippen LogP contribution in [0.5, 0.6) is 0 Å². The van der Waals surface area contributed by atoms with Crippen LogP contribution >= 0.6 is 0 Å². The van der Waals surface area contributed by atoms with Crippen molar-refractivity contribution in [3.05, 3.63) is 54.4 Å². The first-order valence-corrected chi connectivity index (χ1v) is 5.91. The van der Waals surface area contributed by atoms with E-state index in [-0.39, 0.29) is 11.8 Å². The average molecular weight is 238 g/mol. The molecule has 1 radical (unpaired) electrons. The maximum atomic E-state index is 12.3. The molecular formula is C15H12NO2. The Morgan fingerprint density at radius 1 is 0.944 bits per heavy atom. The van der Waals surface area contributed by atoms with Gasteiger partial charge >= 0.3 is 0 Å². The second-order valence-electron chi connectivity index (χ2n) is 4.32. The van der Waals surface area contributed by atoms with Crippen molar-refractivity contribution in [2.75, 3.05) is 6.54 Å². The summed E-state index contributed by atoms with van der Waals surface area (Å²) in [4.78, 5) is 25.8. The number of imide groups is 1. The van der Waals surface area contributed by atoms with Crippen molar-refractivity contribution < 1.29 is 9.59 Å². The Kier molecular flexibility index (Phi) is 2.40. The lowest BCUT2D eigenvalue weighted by Crippen LogP contribution is -2.40. The smallest absolute Gasteiger partial charge is 0.261 e. The van der Waals surface area contributed by atoms with Gasteiger partial charge in [0.25, 0.3) is 11.8 Å². The van der Waals surface area contributed by atoms with Gasteiger partial charge in [-0.25, -0.2) is 0 Å². The van der Waals surface area contributed by atoms with Crippen LogP contribution in [0.2, 0.25) is 0 Å². The Bertz CT molecular complexity index is 610. The maximum Gasteiger partial charge on any atom is 0.261 e. The zero-order valence-electron chi connectivity index (χ0n) is 9.85. The third-order valence-corrected chi connectivity index (χ3v) is 3.24. The van der Waals surface area contributed by atoms with E-state index in [4.69, 9.17) is 0 Å². The van der Waals surface area contributed by atoms with Crippen molar-refractivity contribution in [3.8, 4) is 0 Å². The Balaban J connectivity index is 2.32. The highest BCUT2D eigenvalue weighted by molar-refractivity contribution is 6.25. The van der Waals surface area contributed by atoms with Crippen LogP contribution in [-0.4, -0.2) is 23.3 Å². The maximum absolute atomic E-state index is 12.3. The van der Waals surface area contributed by atoms with Gasteiger partial charge in [-0.05, 0) is 23.9 Å². The van der Waals surface area contributed by atoms with E-state index in [2.05, 4.69) is 6.92 Å². The SMILES string of the molecule is [CH2]CCN1C(=O)c2cccc3cccc(c23)C1=O. The number of amides is 2. The topological polar surface area (TPSA) is 37.4 Å². The zero-order valence-corrected chi connectivity index (χ0v) is 9.85. The van der Waals surface area contributed by atoms with Crippen LogP contribution in [0.4, 0.5) is 0 Å². The highest BCUT2D eigenvalue weighted by Crippen LogP contribution is 2.29. The van der Waals surface area contributed by atoms with E-state index < -0.39 is 0 Å². The summed E-state index contributed by atoms with van der Waals surface area (Å²) in [6, 6.07) is 11.1. The van der Waals surface area contributed by atoms with Crippen molar-refractivity contribution in [3.63, 3.8) is 0 Å². The predicted molar refractivity (Wildman–Crippen MR) is 69.3 cm³/mol. The summed E-state index contributed by atoms with van der Waals surface area (Å²) in [5.74, 6) is -0.430. The summed E-state index contributed by atoms with van der Waals surface area (Å²) >= 11 is 0. The third kappa shape index (κ3) is 1.37. The van der Waals surface area contributed by atoms with Crippen molar-refractivity contribution in [1.29, 1.82) is 0 Å². The van der Waals surface area contributed by atoms with Crippen molar-refractivity contribution in [2.24, 2.45) is 0 Å². The van der Waals surface area contributed by atoms with Gasteiger partial charge in [0.2, 0.25) is 0 Å². The molecule has 0 atom stereocenters. The number of carbonyl (C=O) groups is 2. The normalized spacial score (nSPS) is 14.4. The van der Waals surface area contributed by atoms with E-state index in [1.165, 1.54) is 4.90 Å². The largest absolute Gasteiger partial charge is 0.274 e. The average Bonchev–Trinajstić information content (AvgIpc) is 2.40. The molecule has 18 heavy (non-hydrogen) atoms. The molecule has 3 nitrogen and oxygen atoms in total. The number of rotatable bonds is 2. The summed E-state index contributed by atoms with van der Waals surface area (Å²) in [6.07, 6.45) is 0.523. The lowest BCUT2D eigenvalue weighted by molar-refractivity contribution is 0.0613. The Morgan fingerprint density at radius 2 is 1.50 bits per heavy atom. The molecule has 0 aliphatic carbocycles. The van der Waals surface area contributed by atoms with Crippen LogP contribution in [0.15, 0.2) is 36.4 Å². The second kappa shape index (κ2) is 3.95. The van der Waals surface area contributed by atoms with E-state index in [1.54, 1.807) is 12.1 Å². The molecule has 0 fully saturated rings. The van der Waals surface area contributed by atoms with E-state index in [9.17, 15) is 9.59 Å². The van der Waals surface area contributed by atoms with Crippen LogP contribution in [0.3, 0.4) is 0 Å². The van der Waals surface area contributed by atoms with Crippen LogP contribution in [-0.2, 0) is 0 Å². The van der Waals surface area contributed by atoms with Gasteiger partial charge in [0.15, 0.2) is 0 Å². The van der Waals surface area contributed by atoms with Crippen molar-refractivity contribution in [1.82, 2.24) is 4.90 Å². The molecule has 0 N–H and O–H groups in total. The molecule has 2 aromatic rings. The molecular weight excluding hydrogens is 226 g/mol. The van der Waals surface area contributed by atoms with Crippen molar-refractivity contribution >= 4 is 22.6 Å². The third-order valence-electron chi connectivity index (χ3n) is 3.24. The van der Waals surface area contributed by atoms with E-state index >= 15 is 0 Å². The van der Waals surface area contributed by atoms with Gasteiger partial charge in [0.1, 0.15) is 0 Å². The minimum atomic E-state index is -0.215. The number of hydrogen-bond acceptors (Lipinski definition) is 2. The fourth-order valence-corrected chi connectivity index (χ4v) is 2.44. The van der Waals surface area contributed by atoms with Gasteiger partial charge in [-0.15, -0.1) is 0 Å². The Labute approximate surface area is 105 Å². The molecule has 0 spiro atoms. The summed E-state index contributed by atoms with van der Waals surface area (Å²) in [6.45, 7) is 4.07. The monoisotopic (exact) mass is 238 g/mol. The summed E-state index contributed by atoms with van der Waals surface area (Å²) in [5, 5.41) is 1.70. The Hall–Kier alpha value is -2.16. The molecule has 0 saturated carbocycles. The van der Waals surface area contributed by atoms with E-state index in [0.29, 0.717) is 24.1 Å². The van der Waals surface area contributed by atoms with Crippen LogP contribution in [0.1, 0.15) is 27.1 Å². The molecule has 1 heterocycles. The molecule has 3 heteroatoms. The fraction of sp³-hybridized carbons (Fsp3) is 0.133. The number of carbonyl (C=O) groups excluding carboxylic acids is 2. The minimum Gasteiger partial charge on any atom is -0.274 e. The molecule has 89 valence electrons. The molecule has 1 aliphatic rings. The fourth-order valence-electron chi connectivity index (χ4n) is 2.44. The number of hydrogen-bond donors (Lipinski definition) is 0. The van der Waals surface area contributed by atoms with Crippen LogP contribution in [0.25, 0.3) is 10.8 Å².